The zero-order chi connectivity index (χ0) is 8.97. The van der Waals surface area contributed by atoms with Crippen LogP contribution in [0.4, 0.5) is 0 Å². The Morgan fingerprint density at radius 1 is 1.25 bits per heavy atom. The maximum atomic E-state index is 5.53. The van der Waals surface area contributed by atoms with Crippen molar-refractivity contribution in [1.29, 1.82) is 0 Å². The molecule has 1 aliphatic heterocycles. The maximum Gasteiger partial charge on any atom is 0.0113 e. The van der Waals surface area contributed by atoms with E-state index in [1.807, 2.05) is 0 Å². The SMILES string of the molecule is C[C@H](CCN)N1CCN(C)CC1. The Labute approximate surface area is 75.5 Å². The highest BCUT2D eigenvalue weighted by Gasteiger charge is 2.17. The van der Waals surface area contributed by atoms with Crippen molar-refractivity contribution in [2.45, 2.75) is 19.4 Å². The van der Waals surface area contributed by atoms with Crippen molar-refractivity contribution in [3.63, 3.8) is 0 Å². The van der Waals surface area contributed by atoms with E-state index in [4.69, 9.17) is 5.73 Å². The van der Waals surface area contributed by atoms with Crippen LogP contribution in [-0.2, 0) is 0 Å². The van der Waals surface area contributed by atoms with E-state index in [0.717, 1.165) is 13.0 Å². The van der Waals surface area contributed by atoms with Crippen LogP contribution < -0.4 is 5.73 Å². The standard InChI is InChI=1S/C9H21N3/c1-9(3-4-10)12-7-5-11(2)6-8-12/h9H,3-8,10H2,1-2H3/t9-/m1/s1. The van der Waals surface area contributed by atoms with Gasteiger partial charge in [0, 0.05) is 32.2 Å². The second kappa shape index (κ2) is 4.80. The van der Waals surface area contributed by atoms with Gasteiger partial charge >= 0.3 is 0 Å². The Morgan fingerprint density at radius 3 is 2.33 bits per heavy atom. The lowest BCUT2D eigenvalue weighted by molar-refractivity contribution is 0.116. The van der Waals surface area contributed by atoms with Crippen molar-refractivity contribution >= 4 is 0 Å². The van der Waals surface area contributed by atoms with Gasteiger partial charge in [-0.25, -0.2) is 0 Å². The van der Waals surface area contributed by atoms with Gasteiger partial charge in [-0.2, -0.15) is 0 Å². The van der Waals surface area contributed by atoms with Gasteiger partial charge in [0.2, 0.25) is 0 Å². The molecule has 0 radical (unpaired) electrons. The first-order valence-corrected chi connectivity index (χ1v) is 4.86. The van der Waals surface area contributed by atoms with E-state index < -0.39 is 0 Å². The summed E-state index contributed by atoms with van der Waals surface area (Å²) >= 11 is 0. The lowest BCUT2D eigenvalue weighted by atomic mass is 10.2. The quantitative estimate of drug-likeness (QED) is 0.647. The Morgan fingerprint density at radius 2 is 1.83 bits per heavy atom. The van der Waals surface area contributed by atoms with Crippen LogP contribution in [0, 0.1) is 0 Å². The van der Waals surface area contributed by atoms with Crippen molar-refractivity contribution in [1.82, 2.24) is 9.80 Å². The Hall–Kier alpha value is -0.120. The Balaban J connectivity index is 2.24. The molecular weight excluding hydrogens is 150 g/mol. The van der Waals surface area contributed by atoms with Crippen molar-refractivity contribution in [2.75, 3.05) is 39.8 Å². The lowest BCUT2D eigenvalue weighted by Crippen LogP contribution is -2.48. The van der Waals surface area contributed by atoms with Crippen molar-refractivity contribution in [2.24, 2.45) is 5.73 Å². The summed E-state index contributed by atoms with van der Waals surface area (Å²) in [5.74, 6) is 0. The predicted molar refractivity (Wildman–Crippen MR) is 52.2 cm³/mol. The van der Waals surface area contributed by atoms with E-state index >= 15 is 0 Å². The largest absolute Gasteiger partial charge is 0.330 e. The molecule has 1 fully saturated rings. The molecule has 72 valence electrons. The zero-order valence-electron chi connectivity index (χ0n) is 8.29. The van der Waals surface area contributed by atoms with E-state index in [-0.39, 0.29) is 0 Å². The smallest absolute Gasteiger partial charge is 0.0113 e. The fourth-order valence-electron chi connectivity index (χ4n) is 1.69. The predicted octanol–water partition coefficient (Wildman–Crippen LogP) is -0.0289. The van der Waals surface area contributed by atoms with Crippen molar-refractivity contribution < 1.29 is 0 Å². The highest BCUT2D eigenvalue weighted by Crippen LogP contribution is 2.06. The molecule has 0 aromatic carbocycles. The maximum absolute atomic E-state index is 5.53. The number of hydrogen-bond acceptors (Lipinski definition) is 3. The normalized spacial score (nSPS) is 24.2. The van der Waals surface area contributed by atoms with Gasteiger partial charge < -0.3 is 10.6 Å². The molecule has 0 aliphatic carbocycles. The van der Waals surface area contributed by atoms with Crippen LogP contribution in [0.25, 0.3) is 0 Å². The van der Waals surface area contributed by atoms with Gasteiger partial charge in [-0.1, -0.05) is 0 Å². The van der Waals surface area contributed by atoms with Gasteiger partial charge in [0.25, 0.3) is 0 Å². The van der Waals surface area contributed by atoms with Crippen LogP contribution in [-0.4, -0.2) is 55.6 Å². The van der Waals surface area contributed by atoms with Gasteiger partial charge in [0.1, 0.15) is 0 Å². The van der Waals surface area contributed by atoms with Crippen LogP contribution in [0.15, 0.2) is 0 Å². The molecule has 3 heteroatoms. The third-order valence-electron chi connectivity index (χ3n) is 2.75. The van der Waals surface area contributed by atoms with Gasteiger partial charge in [-0.15, -0.1) is 0 Å². The fourth-order valence-corrected chi connectivity index (χ4v) is 1.69. The average molecular weight is 171 g/mol. The fraction of sp³-hybridized carbons (Fsp3) is 1.00. The monoisotopic (exact) mass is 171 g/mol. The summed E-state index contributed by atoms with van der Waals surface area (Å²) < 4.78 is 0. The van der Waals surface area contributed by atoms with Crippen LogP contribution in [0.5, 0.6) is 0 Å². The zero-order valence-corrected chi connectivity index (χ0v) is 8.29. The summed E-state index contributed by atoms with van der Waals surface area (Å²) in [5, 5.41) is 0. The molecule has 0 unspecified atom stereocenters. The van der Waals surface area contributed by atoms with Gasteiger partial charge in [-0.3, -0.25) is 4.90 Å². The molecule has 3 nitrogen and oxygen atoms in total. The molecule has 0 bridgehead atoms. The van der Waals surface area contributed by atoms with Crippen LogP contribution in [0.3, 0.4) is 0 Å². The van der Waals surface area contributed by atoms with Crippen molar-refractivity contribution in [3.05, 3.63) is 0 Å². The Bertz CT molecular complexity index is 119. The van der Waals surface area contributed by atoms with Crippen molar-refractivity contribution in [3.8, 4) is 0 Å². The third kappa shape index (κ3) is 2.73. The number of hydrogen-bond donors (Lipinski definition) is 1. The van der Waals surface area contributed by atoms with Gasteiger partial charge in [-0.05, 0) is 26.9 Å². The number of likely N-dealkylation sites (N-methyl/N-ethyl adjacent to an activating group) is 1. The Kier molecular flexibility index (Phi) is 3.98. The lowest BCUT2D eigenvalue weighted by Gasteiger charge is -2.36. The van der Waals surface area contributed by atoms with Crippen LogP contribution in [0.1, 0.15) is 13.3 Å². The highest BCUT2D eigenvalue weighted by molar-refractivity contribution is 4.74. The third-order valence-corrected chi connectivity index (χ3v) is 2.75. The minimum atomic E-state index is 0.670. The first-order valence-electron chi connectivity index (χ1n) is 4.86. The molecule has 0 aromatic heterocycles. The van der Waals surface area contributed by atoms with Crippen LogP contribution in [0.2, 0.25) is 0 Å². The van der Waals surface area contributed by atoms with Gasteiger partial charge in [0.15, 0.2) is 0 Å². The summed E-state index contributed by atoms with van der Waals surface area (Å²) in [7, 11) is 2.19. The molecule has 1 saturated heterocycles. The molecule has 12 heavy (non-hydrogen) atoms. The second-order valence-corrected chi connectivity index (χ2v) is 3.77. The number of nitrogens with two attached hydrogens (primary N) is 1. The van der Waals surface area contributed by atoms with Gasteiger partial charge in [0.05, 0.1) is 0 Å². The molecule has 2 N–H and O–H groups in total. The number of nitrogens with zero attached hydrogens (tertiary/aromatic N) is 2. The molecule has 0 spiro atoms. The molecule has 1 aliphatic rings. The first-order chi connectivity index (χ1) is 5.74. The highest BCUT2D eigenvalue weighted by atomic mass is 15.3. The molecule has 0 aromatic rings. The van der Waals surface area contributed by atoms with E-state index in [1.54, 1.807) is 0 Å². The minimum Gasteiger partial charge on any atom is -0.330 e. The summed E-state index contributed by atoms with van der Waals surface area (Å²) in [5.41, 5.74) is 5.53. The molecule has 1 atom stereocenters. The summed E-state index contributed by atoms with van der Waals surface area (Å²) in [6.07, 6.45) is 1.13. The van der Waals surface area contributed by atoms with E-state index in [1.165, 1.54) is 26.2 Å². The minimum absolute atomic E-state index is 0.670. The summed E-state index contributed by atoms with van der Waals surface area (Å²) in [4.78, 5) is 4.92. The van der Waals surface area contributed by atoms with Crippen LogP contribution >= 0.6 is 0 Å². The number of piperazine rings is 1. The van der Waals surface area contributed by atoms with E-state index in [0.29, 0.717) is 6.04 Å². The average Bonchev–Trinajstić information content (AvgIpc) is 2.06. The number of rotatable bonds is 3. The summed E-state index contributed by atoms with van der Waals surface area (Å²) in [6, 6.07) is 0.670. The molecular formula is C9H21N3. The first kappa shape index (κ1) is 9.96. The molecule has 0 saturated carbocycles. The topological polar surface area (TPSA) is 32.5 Å². The van der Waals surface area contributed by atoms with E-state index in [2.05, 4.69) is 23.8 Å². The van der Waals surface area contributed by atoms with E-state index in [9.17, 15) is 0 Å². The molecule has 0 amide bonds. The summed E-state index contributed by atoms with van der Waals surface area (Å²) in [6.45, 7) is 7.91. The molecule has 1 rings (SSSR count). The molecule has 1 heterocycles. The second-order valence-electron chi connectivity index (χ2n) is 3.77.